The molecule has 0 aliphatic heterocycles. The van der Waals surface area contributed by atoms with Gasteiger partial charge in [-0.25, -0.2) is 0 Å². The fraction of sp³-hybridized carbons (Fsp3) is 0.357. The number of rotatable bonds is 6. The Morgan fingerprint density at radius 2 is 2.16 bits per heavy atom. The van der Waals surface area contributed by atoms with Crippen LogP contribution in [0.25, 0.3) is 11.0 Å². The minimum absolute atomic E-state index is 0.227. The molecule has 0 radical (unpaired) electrons. The van der Waals surface area contributed by atoms with Gasteiger partial charge in [-0.3, -0.25) is 4.79 Å². The largest absolute Gasteiger partial charge is 0.451 e. The summed E-state index contributed by atoms with van der Waals surface area (Å²) in [6.07, 6.45) is -0.383. The molecule has 1 unspecified atom stereocenters. The van der Waals surface area contributed by atoms with Gasteiger partial charge in [-0.2, -0.15) is 0 Å². The highest BCUT2D eigenvalue weighted by Gasteiger charge is 2.10. The number of aliphatic hydroxyl groups excluding tert-OH is 1. The first kappa shape index (κ1) is 13.6. The average molecular weight is 262 g/mol. The summed E-state index contributed by atoms with van der Waals surface area (Å²) < 4.78 is 5.45. The summed E-state index contributed by atoms with van der Waals surface area (Å²) in [7, 11) is 0. The average Bonchev–Trinajstić information content (AvgIpc) is 2.81. The summed E-state index contributed by atoms with van der Waals surface area (Å²) >= 11 is 0. The summed E-state index contributed by atoms with van der Waals surface area (Å²) in [5.74, 6) is 0.0896. The monoisotopic (exact) mass is 262 g/mol. The van der Waals surface area contributed by atoms with E-state index in [1.807, 2.05) is 24.3 Å². The van der Waals surface area contributed by atoms with Crippen molar-refractivity contribution in [3.63, 3.8) is 0 Å². The zero-order valence-electron chi connectivity index (χ0n) is 10.8. The van der Waals surface area contributed by atoms with Crippen molar-refractivity contribution in [1.82, 2.24) is 10.6 Å². The fourth-order valence-corrected chi connectivity index (χ4v) is 1.76. The zero-order chi connectivity index (χ0) is 13.7. The first-order chi connectivity index (χ1) is 9.16. The van der Waals surface area contributed by atoms with Crippen LogP contribution in [0.1, 0.15) is 17.5 Å². The summed E-state index contributed by atoms with van der Waals surface area (Å²) in [4.78, 5) is 11.8. The molecule has 19 heavy (non-hydrogen) atoms. The number of carbonyl (C=O) groups is 1. The highest BCUT2D eigenvalue weighted by molar-refractivity contribution is 5.96. The molecule has 1 atom stereocenters. The van der Waals surface area contributed by atoms with Gasteiger partial charge >= 0.3 is 0 Å². The molecule has 102 valence electrons. The van der Waals surface area contributed by atoms with Crippen molar-refractivity contribution >= 4 is 16.9 Å². The third-order valence-electron chi connectivity index (χ3n) is 2.68. The van der Waals surface area contributed by atoms with Crippen LogP contribution >= 0.6 is 0 Å². The molecule has 0 bridgehead atoms. The van der Waals surface area contributed by atoms with E-state index < -0.39 is 0 Å². The second kappa shape index (κ2) is 6.36. The third-order valence-corrected chi connectivity index (χ3v) is 2.68. The molecule has 2 rings (SSSR count). The van der Waals surface area contributed by atoms with Crippen LogP contribution in [-0.2, 0) is 0 Å². The summed E-state index contributed by atoms with van der Waals surface area (Å²) in [6, 6.07) is 9.23. The number of amides is 1. The molecule has 0 saturated carbocycles. The lowest BCUT2D eigenvalue weighted by atomic mass is 10.2. The van der Waals surface area contributed by atoms with E-state index in [1.165, 1.54) is 0 Å². The second-order valence-electron chi connectivity index (χ2n) is 4.46. The molecule has 3 N–H and O–H groups in total. The van der Waals surface area contributed by atoms with Crippen LogP contribution in [0.4, 0.5) is 0 Å². The van der Waals surface area contributed by atoms with E-state index in [4.69, 9.17) is 9.52 Å². The predicted molar refractivity (Wildman–Crippen MR) is 73.1 cm³/mol. The Bertz CT molecular complexity index is 515. The number of hydrogen-bond donors (Lipinski definition) is 3. The van der Waals surface area contributed by atoms with Gasteiger partial charge in [0.15, 0.2) is 5.76 Å². The summed E-state index contributed by atoms with van der Waals surface area (Å²) in [5.41, 5.74) is 0.708. The number of hydrogen-bond acceptors (Lipinski definition) is 4. The SMILES string of the molecule is CC(O)CNCCNC(=O)c1cc2ccccc2o1. The number of para-hydroxylation sites is 1. The van der Waals surface area contributed by atoms with E-state index in [0.29, 0.717) is 31.0 Å². The molecule has 1 aromatic heterocycles. The third kappa shape index (κ3) is 3.81. The molecule has 0 aliphatic rings. The summed E-state index contributed by atoms with van der Waals surface area (Å²) in [5, 5.41) is 15.8. The van der Waals surface area contributed by atoms with Crippen molar-refractivity contribution in [3.8, 4) is 0 Å². The lowest BCUT2D eigenvalue weighted by Crippen LogP contribution is -2.34. The molecule has 1 aromatic carbocycles. The van der Waals surface area contributed by atoms with Gasteiger partial charge in [0.1, 0.15) is 5.58 Å². The Morgan fingerprint density at radius 3 is 2.89 bits per heavy atom. The van der Waals surface area contributed by atoms with Crippen LogP contribution in [0.5, 0.6) is 0 Å². The van der Waals surface area contributed by atoms with E-state index >= 15 is 0 Å². The van der Waals surface area contributed by atoms with Gasteiger partial charge in [0.05, 0.1) is 6.10 Å². The van der Waals surface area contributed by atoms with Crippen molar-refractivity contribution in [2.75, 3.05) is 19.6 Å². The lowest BCUT2D eigenvalue weighted by molar-refractivity contribution is 0.0928. The zero-order valence-corrected chi connectivity index (χ0v) is 10.8. The minimum atomic E-state index is -0.383. The Hall–Kier alpha value is -1.85. The topological polar surface area (TPSA) is 74.5 Å². The number of benzene rings is 1. The molecule has 5 heteroatoms. The molecule has 5 nitrogen and oxygen atoms in total. The molecule has 0 fully saturated rings. The molecule has 1 heterocycles. The van der Waals surface area contributed by atoms with Crippen molar-refractivity contribution in [1.29, 1.82) is 0 Å². The number of fused-ring (bicyclic) bond motifs is 1. The van der Waals surface area contributed by atoms with E-state index in [1.54, 1.807) is 13.0 Å². The highest BCUT2D eigenvalue weighted by Crippen LogP contribution is 2.18. The Balaban J connectivity index is 1.83. The number of nitrogens with one attached hydrogen (secondary N) is 2. The first-order valence-electron chi connectivity index (χ1n) is 6.32. The van der Waals surface area contributed by atoms with Gasteiger partial charge in [0.25, 0.3) is 5.91 Å². The van der Waals surface area contributed by atoms with E-state index in [0.717, 1.165) is 5.39 Å². The first-order valence-corrected chi connectivity index (χ1v) is 6.32. The number of furan rings is 1. The van der Waals surface area contributed by atoms with Crippen molar-refractivity contribution in [2.45, 2.75) is 13.0 Å². The normalized spacial score (nSPS) is 12.5. The molecule has 0 aliphatic carbocycles. The molecule has 0 spiro atoms. The van der Waals surface area contributed by atoms with Gasteiger partial charge in [-0.15, -0.1) is 0 Å². The molecule has 0 saturated heterocycles. The van der Waals surface area contributed by atoms with Gasteiger partial charge < -0.3 is 20.2 Å². The smallest absolute Gasteiger partial charge is 0.287 e. The standard InChI is InChI=1S/C14H18N2O3/c1-10(17)9-15-6-7-16-14(18)13-8-11-4-2-3-5-12(11)19-13/h2-5,8,10,15,17H,6-7,9H2,1H3,(H,16,18). The maximum absolute atomic E-state index is 11.8. The van der Waals surface area contributed by atoms with Gasteiger partial charge in [0.2, 0.25) is 0 Å². The molecule has 2 aromatic rings. The van der Waals surface area contributed by atoms with Crippen LogP contribution in [0.2, 0.25) is 0 Å². The van der Waals surface area contributed by atoms with E-state index in [2.05, 4.69) is 10.6 Å². The molecule has 1 amide bonds. The molecular weight excluding hydrogens is 244 g/mol. The number of aliphatic hydroxyl groups is 1. The van der Waals surface area contributed by atoms with Gasteiger partial charge in [-0.05, 0) is 19.1 Å². The lowest BCUT2D eigenvalue weighted by Gasteiger charge is -2.07. The van der Waals surface area contributed by atoms with E-state index in [9.17, 15) is 4.79 Å². The van der Waals surface area contributed by atoms with Crippen LogP contribution < -0.4 is 10.6 Å². The van der Waals surface area contributed by atoms with Gasteiger partial charge in [0, 0.05) is 25.0 Å². The van der Waals surface area contributed by atoms with Crippen LogP contribution in [0.3, 0.4) is 0 Å². The maximum Gasteiger partial charge on any atom is 0.287 e. The fourth-order valence-electron chi connectivity index (χ4n) is 1.76. The van der Waals surface area contributed by atoms with Crippen molar-refractivity contribution in [3.05, 3.63) is 36.1 Å². The Morgan fingerprint density at radius 1 is 1.37 bits per heavy atom. The van der Waals surface area contributed by atoms with Crippen molar-refractivity contribution in [2.24, 2.45) is 0 Å². The predicted octanol–water partition coefficient (Wildman–Crippen LogP) is 1.13. The van der Waals surface area contributed by atoms with Gasteiger partial charge in [-0.1, -0.05) is 18.2 Å². The maximum atomic E-state index is 11.8. The van der Waals surface area contributed by atoms with Crippen LogP contribution in [0.15, 0.2) is 34.7 Å². The Kier molecular flexibility index (Phi) is 4.54. The Labute approximate surface area is 111 Å². The molecular formula is C14H18N2O3. The second-order valence-corrected chi connectivity index (χ2v) is 4.46. The summed E-state index contributed by atoms with van der Waals surface area (Å²) in [6.45, 7) is 3.32. The van der Waals surface area contributed by atoms with Crippen LogP contribution in [-0.4, -0.2) is 36.8 Å². The quantitative estimate of drug-likeness (QED) is 0.682. The van der Waals surface area contributed by atoms with Crippen LogP contribution in [0, 0.1) is 0 Å². The highest BCUT2D eigenvalue weighted by atomic mass is 16.3. The van der Waals surface area contributed by atoms with Crippen molar-refractivity contribution < 1.29 is 14.3 Å². The number of carbonyl (C=O) groups excluding carboxylic acids is 1. The van der Waals surface area contributed by atoms with E-state index in [-0.39, 0.29) is 12.0 Å². The minimum Gasteiger partial charge on any atom is -0.451 e.